The van der Waals surface area contributed by atoms with Gasteiger partial charge >= 0.3 is 11.9 Å². The average molecular weight is 1060 g/mol. The number of hydrogen-bond acceptors (Lipinski definition) is 11. The molecule has 434 valence electrons. The van der Waals surface area contributed by atoms with Crippen LogP contribution in [0.15, 0.2) is 72.9 Å². The summed E-state index contributed by atoms with van der Waals surface area (Å²) in [6.45, 7) is 15.9. The lowest BCUT2D eigenvalue weighted by Crippen LogP contribution is -2.28. The fraction of sp³-hybridized carbons (Fsp3) is 0.734. The number of carbonyl (C=O) groups excluding carboxylic acids is 2. The van der Waals surface area contributed by atoms with E-state index in [1.165, 1.54) is 0 Å². The first-order valence-corrected chi connectivity index (χ1v) is 30.7. The van der Waals surface area contributed by atoms with Gasteiger partial charge in [0, 0.05) is 45.8 Å². The van der Waals surface area contributed by atoms with Crippen LogP contribution in [0.4, 0.5) is 0 Å². The Morgan fingerprint density at radius 3 is 1.28 bits per heavy atom. The second-order valence-corrected chi connectivity index (χ2v) is 20.2. The maximum absolute atomic E-state index is 12.7. The number of aryl methyl sites for hydroxylation is 1. The minimum Gasteiger partial charge on any atom is -0.492 e. The van der Waals surface area contributed by atoms with Crippen LogP contribution < -0.4 is 0 Å². The van der Waals surface area contributed by atoms with Gasteiger partial charge in [-0.2, -0.15) is 0 Å². The van der Waals surface area contributed by atoms with Gasteiger partial charge < -0.3 is 38.4 Å². The van der Waals surface area contributed by atoms with Gasteiger partial charge in [-0.1, -0.05) is 127 Å². The first-order chi connectivity index (χ1) is 37.4. The summed E-state index contributed by atoms with van der Waals surface area (Å²) >= 11 is 0. The van der Waals surface area contributed by atoms with Gasteiger partial charge in [0.25, 0.3) is 0 Å². The largest absolute Gasteiger partial charge is 0.492 e. The molecule has 76 heavy (non-hydrogen) atoms. The molecule has 1 heterocycles. The zero-order valence-corrected chi connectivity index (χ0v) is 48.6. The third kappa shape index (κ3) is 38.7. The highest BCUT2D eigenvalue weighted by atomic mass is 16.7. The highest BCUT2D eigenvalue weighted by Crippen LogP contribution is 2.23. The minimum atomic E-state index is -0.375. The van der Waals surface area contributed by atoms with Crippen LogP contribution in [0.25, 0.3) is 10.9 Å². The molecule has 0 aliphatic rings. The van der Waals surface area contributed by atoms with E-state index in [9.17, 15) is 14.7 Å². The Morgan fingerprint density at radius 2 is 0.855 bits per heavy atom. The molecule has 0 amide bonds. The lowest BCUT2D eigenvalue weighted by molar-refractivity contribution is -0.159. The Bertz CT molecular complexity index is 1640. The molecule has 1 aromatic carbocycles. The second kappa shape index (κ2) is 50.7. The van der Waals surface area contributed by atoms with Crippen molar-refractivity contribution in [3.05, 3.63) is 72.9 Å². The first kappa shape index (κ1) is 68.3. The van der Waals surface area contributed by atoms with E-state index < -0.39 is 0 Å². The average Bonchev–Trinajstić information content (AvgIpc) is 3.76. The van der Waals surface area contributed by atoms with E-state index >= 15 is 0 Å². The van der Waals surface area contributed by atoms with Crippen LogP contribution in [0.1, 0.15) is 227 Å². The van der Waals surface area contributed by atoms with Crippen molar-refractivity contribution in [2.45, 2.75) is 246 Å². The topological polar surface area (TPSA) is 131 Å². The molecule has 0 spiro atoms. The van der Waals surface area contributed by atoms with Crippen molar-refractivity contribution < 1.29 is 43.1 Å². The Labute approximate surface area is 462 Å². The summed E-state index contributed by atoms with van der Waals surface area (Å²) in [6, 6.07) is 7.85. The van der Waals surface area contributed by atoms with Crippen molar-refractivity contribution >= 4 is 22.8 Å². The molecule has 0 unspecified atom stereocenters. The van der Waals surface area contributed by atoms with Crippen molar-refractivity contribution in [1.82, 2.24) is 14.7 Å². The molecule has 0 aliphatic carbocycles. The third-order valence-electron chi connectivity index (χ3n) is 13.3. The molecule has 1 N–H and O–H groups in total. The molecule has 0 saturated carbocycles. The minimum absolute atomic E-state index is 0.0901. The highest BCUT2D eigenvalue weighted by Gasteiger charge is 2.16. The summed E-state index contributed by atoms with van der Waals surface area (Å²) in [5.41, 5.74) is 0.963. The summed E-state index contributed by atoms with van der Waals surface area (Å²) < 4.78 is 37.6. The SMILES string of the molecule is CC/C=C\CCCCOC(CCC(=O)OCCCCCCCN(CCCCCCCOC(=O)CCC(OCCCC/C=C\CC)OCCCC/C=C\CC)CCCn1nc(O)c2ccccc21)OCCCC/C=C\CC. The van der Waals surface area contributed by atoms with E-state index in [0.717, 1.165) is 210 Å². The van der Waals surface area contributed by atoms with Crippen molar-refractivity contribution in [2.24, 2.45) is 0 Å². The number of nitrogens with zero attached hydrogens (tertiary/aromatic N) is 3. The van der Waals surface area contributed by atoms with Gasteiger partial charge in [0.15, 0.2) is 12.6 Å². The zero-order chi connectivity index (χ0) is 54.6. The normalized spacial score (nSPS) is 12.2. The predicted molar refractivity (Wildman–Crippen MR) is 314 cm³/mol. The van der Waals surface area contributed by atoms with Crippen molar-refractivity contribution in [2.75, 3.05) is 59.3 Å². The van der Waals surface area contributed by atoms with Crippen molar-refractivity contribution in [3.63, 3.8) is 0 Å². The van der Waals surface area contributed by atoms with Crippen LogP contribution in [0.5, 0.6) is 5.88 Å². The predicted octanol–water partition coefficient (Wildman–Crippen LogP) is 16.2. The van der Waals surface area contributed by atoms with Gasteiger partial charge in [0.1, 0.15) is 0 Å². The summed E-state index contributed by atoms with van der Waals surface area (Å²) in [5.74, 6) is -0.262. The van der Waals surface area contributed by atoms with E-state index in [1.807, 2.05) is 28.9 Å². The van der Waals surface area contributed by atoms with Gasteiger partial charge in [-0.3, -0.25) is 14.3 Å². The third-order valence-corrected chi connectivity index (χ3v) is 13.3. The Kier molecular flexibility index (Phi) is 45.5. The first-order valence-electron chi connectivity index (χ1n) is 30.7. The lowest BCUT2D eigenvalue weighted by atomic mass is 10.1. The summed E-state index contributed by atoms with van der Waals surface area (Å²) in [7, 11) is 0. The van der Waals surface area contributed by atoms with Gasteiger partial charge in [-0.25, -0.2) is 0 Å². The molecule has 12 heteroatoms. The number of rotatable bonds is 54. The number of allylic oxidation sites excluding steroid dienone is 8. The maximum Gasteiger partial charge on any atom is 0.305 e. The molecule has 2 rings (SSSR count). The quantitative estimate of drug-likeness (QED) is 0.0294. The van der Waals surface area contributed by atoms with Crippen LogP contribution in [-0.2, 0) is 44.6 Å². The van der Waals surface area contributed by atoms with Gasteiger partial charge in [0.2, 0.25) is 5.88 Å². The Balaban J connectivity index is 1.71. The number of unbranched alkanes of at least 4 members (excludes halogenated alkanes) is 16. The maximum atomic E-state index is 12.7. The Hall–Kier alpha value is -3.81. The molecule has 1 aromatic heterocycles. The van der Waals surface area contributed by atoms with E-state index in [0.29, 0.717) is 65.3 Å². The van der Waals surface area contributed by atoms with E-state index in [1.54, 1.807) is 0 Å². The number of carbonyl (C=O) groups is 2. The molecule has 0 atom stereocenters. The number of fused-ring (bicyclic) bond motifs is 1. The zero-order valence-electron chi connectivity index (χ0n) is 48.6. The van der Waals surface area contributed by atoms with E-state index in [2.05, 4.69) is 86.3 Å². The van der Waals surface area contributed by atoms with Crippen LogP contribution in [0, 0.1) is 0 Å². The molecular weight excluding hydrogens is 955 g/mol. The number of aromatic nitrogens is 2. The Morgan fingerprint density at radius 1 is 0.487 bits per heavy atom. The van der Waals surface area contributed by atoms with Gasteiger partial charge in [-0.05, 0) is 167 Å². The van der Waals surface area contributed by atoms with Crippen LogP contribution in [-0.4, -0.2) is 104 Å². The molecular formula is C64H109N3O9. The number of benzene rings is 1. The summed E-state index contributed by atoms with van der Waals surface area (Å²) in [6.07, 6.45) is 46.9. The fourth-order valence-corrected chi connectivity index (χ4v) is 8.87. The fourth-order valence-electron chi connectivity index (χ4n) is 8.87. The molecule has 0 radical (unpaired) electrons. The van der Waals surface area contributed by atoms with Crippen LogP contribution >= 0.6 is 0 Å². The molecule has 0 bridgehead atoms. The second-order valence-electron chi connectivity index (χ2n) is 20.2. The number of para-hydroxylation sites is 1. The summed E-state index contributed by atoms with van der Waals surface area (Å²) in [5, 5.41) is 15.6. The number of hydrogen-bond donors (Lipinski definition) is 1. The lowest BCUT2D eigenvalue weighted by Gasteiger charge is -2.22. The highest BCUT2D eigenvalue weighted by molar-refractivity contribution is 5.84. The molecule has 0 saturated heterocycles. The van der Waals surface area contributed by atoms with Crippen LogP contribution in [0.2, 0.25) is 0 Å². The number of ether oxygens (including phenoxy) is 6. The van der Waals surface area contributed by atoms with Crippen LogP contribution in [0.3, 0.4) is 0 Å². The number of esters is 2. The van der Waals surface area contributed by atoms with E-state index in [4.69, 9.17) is 28.4 Å². The molecule has 2 aromatic rings. The standard InChI is InChI=1S/C64H109N3O9/c1-5-9-13-17-25-37-54-73-62(74-55-38-26-18-14-10-6-2)46-44-60(68)71-52-35-29-21-23-33-48-66(50-41-51-67-59-43-32-31-42-58(59)64(70)65-67)49-34-24-22-30-36-53-72-61(69)45-47-63(75-56-39-27-19-15-11-7-3)76-57-40-28-20-16-12-8-4/h9-16,31-32,42-43,62-63H,5-8,17-30,33-41,44-57H2,1-4H3,(H,65,70)/b13-9-,14-10-,15-11-,16-12-. The summed E-state index contributed by atoms with van der Waals surface area (Å²) in [4.78, 5) is 28.0. The van der Waals surface area contributed by atoms with Gasteiger partial charge in [0.05, 0.1) is 37.0 Å². The molecule has 0 fully saturated rings. The van der Waals surface area contributed by atoms with Crippen molar-refractivity contribution in [3.8, 4) is 5.88 Å². The monoisotopic (exact) mass is 1060 g/mol. The van der Waals surface area contributed by atoms with Crippen molar-refractivity contribution in [1.29, 1.82) is 0 Å². The smallest absolute Gasteiger partial charge is 0.305 e. The van der Waals surface area contributed by atoms with E-state index in [-0.39, 0.29) is 30.4 Å². The molecule has 12 nitrogen and oxygen atoms in total. The van der Waals surface area contributed by atoms with Gasteiger partial charge in [-0.15, -0.1) is 5.10 Å². The number of aromatic hydroxyl groups is 1. The molecule has 0 aliphatic heterocycles.